The third kappa shape index (κ3) is 2.19. The zero-order valence-electron chi connectivity index (χ0n) is 8.27. The van der Waals surface area contributed by atoms with Gasteiger partial charge in [-0.05, 0) is 6.92 Å². The molecule has 11 heavy (non-hydrogen) atoms. The molecule has 0 amide bonds. The van der Waals surface area contributed by atoms with Crippen LogP contribution in [0.1, 0.15) is 33.6 Å². The Balaban J connectivity index is 2.45. The fourth-order valence-corrected chi connectivity index (χ4v) is 2.41. The van der Waals surface area contributed by atoms with E-state index in [2.05, 4.69) is 20.8 Å². The molecule has 1 fully saturated rings. The molecule has 1 aliphatic heterocycles. The number of rotatable bonds is 3. The molecular weight excluding hydrogens is 134 g/mol. The molecule has 1 heteroatoms. The third-order valence-electron chi connectivity index (χ3n) is 2.94. The van der Waals surface area contributed by atoms with Crippen LogP contribution in [0.4, 0.5) is 0 Å². The maximum atomic E-state index is 2.34. The maximum absolute atomic E-state index is 2.34. The van der Waals surface area contributed by atoms with Gasteiger partial charge >= 0.3 is 0 Å². The van der Waals surface area contributed by atoms with Crippen molar-refractivity contribution in [2.45, 2.75) is 33.6 Å². The highest BCUT2D eigenvalue weighted by molar-refractivity contribution is 4.55. The van der Waals surface area contributed by atoms with Gasteiger partial charge < -0.3 is 4.48 Å². The lowest BCUT2D eigenvalue weighted by Crippen LogP contribution is -2.47. The van der Waals surface area contributed by atoms with E-state index in [1.165, 1.54) is 43.5 Å². The van der Waals surface area contributed by atoms with Gasteiger partial charge in [0.1, 0.15) is 0 Å². The molecule has 66 valence electrons. The van der Waals surface area contributed by atoms with Crippen molar-refractivity contribution in [1.82, 2.24) is 0 Å². The van der Waals surface area contributed by atoms with Crippen molar-refractivity contribution >= 4 is 0 Å². The van der Waals surface area contributed by atoms with Gasteiger partial charge in [0.25, 0.3) is 0 Å². The summed E-state index contributed by atoms with van der Waals surface area (Å²) in [4.78, 5) is 0. The summed E-state index contributed by atoms with van der Waals surface area (Å²) in [5.41, 5.74) is 0. The fraction of sp³-hybridized carbons (Fsp3) is 1.00. The quantitative estimate of drug-likeness (QED) is 0.550. The molecule has 0 atom stereocenters. The van der Waals surface area contributed by atoms with Crippen LogP contribution in [-0.2, 0) is 0 Å². The summed E-state index contributed by atoms with van der Waals surface area (Å²) in [7, 11) is 0. The molecule has 0 aromatic heterocycles. The SMILES string of the molecule is CC[N+]1(CC(C)C)CCCC1. The number of quaternary nitrogens is 1. The first kappa shape index (κ1) is 9.05. The third-order valence-corrected chi connectivity index (χ3v) is 2.94. The van der Waals surface area contributed by atoms with Crippen molar-refractivity contribution in [1.29, 1.82) is 0 Å². The molecule has 1 aliphatic rings. The predicted octanol–water partition coefficient (Wildman–Crippen LogP) is 2.27. The number of nitrogens with zero attached hydrogens (tertiary/aromatic N) is 1. The normalized spacial score (nSPS) is 22.9. The Bertz CT molecular complexity index is 112. The van der Waals surface area contributed by atoms with E-state index >= 15 is 0 Å². The second-order valence-corrected chi connectivity index (χ2v) is 4.39. The van der Waals surface area contributed by atoms with Gasteiger partial charge in [0.15, 0.2) is 0 Å². The molecule has 1 nitrogen and oxygen atoms in total. The molecule has 0 unspecified atom stereocenters. The molecule has 1 heterocycles. The van der Waals surface area contributed by atoms with Gasteiger partial charge in [-0.1, -0.05) is 13.8 Å². The number of hydrogen-bond donors (Lipinski definition) is 0. The molecule has 0 aliphatic carbocycles. The van der Waals surface area contributed by atoms with E-state index < -0.39 is 0 Å². The second-order valence-electron chi connectivity index (χ2n) is 4.39. The summed E-state index contributed by atoms with van der Waals surface area (Å²) in [5.74, 6) is 0.869. The zero-order valence-corrected chi connectivity index (χ0v) is 8.27. The summed E-state index contributed by atoms with van der Waals surface area (Å²) in [6, 6.07) is 0. The minimum atomic E-state index is 0.869. The smallest absolute Gasteiger partial charge is 0.0809 e. The van der Waals surface area contributed by atoms with Crippen LogP contribution >= 0.6 is 0 Å². The second kappa shape index (κ2) is 3.57. The van der Waals surface area contributed by atoms with Crippen molar-refractivity contribution in [3.05, 3.63) is 0 Å². The molecular formula is C10H22N+. The Morgan fingerprint density at radius 1 is 1.18 bits per heavy atom. The van der Waals surface area contributed by atoms with Crippen molar-refractivity contribution in [2.75, 3.05) is 26.2 Å². The lowest BCUT2D eigenvalue weighted by atomic mass is 10.2. The maximum Gasteiger partial charge on any atom is 0.0809 e. The van der Waals surface area contributed by atoms with Crippen LogP contribution in [-0.4, -0.2) is 30.7 Å². The van der Waals surface area contributed by atoms with E-state index in [1.54, 1.807) is 0 Å². The van der Waals surface area contributed by atoms with Gasteiger partial charge in [-0.2, -0.15) is 0 Å². The average Bonchev–Trinajstić information content (AvgIpc) is 2.36. The largest absolute Gasteiger partial charge is 0.324 e. The summed E-state index contributed by atoms with van der Waals surface area (Å²) < 4.78 is 1.40. The Hall–Kier alpha value is -0.0400. The topological polar surface area (TPSA) is 0 Å². The standard InChI is InChI=1S/C10H22N/c1-4-11(9-10(2)3)7-5-6-8-11/h10H,4-9H2,1-3H3/q+1. The highest BCUT2D eigenvalue weighted by Gasteiger charge is 2.30. The number of hydrogen-bond acceptors (Lipinski definition) is 0. The molecule has 0 bridgehead atoms. The monoisotopic (exact) mass is 156 g/mol. The lowest BCUT2D eigenvalue weighted by molar-refractivity contribution is -0.917. The van der Waals surface area contributed by atoms with Crippen LogP contribution in [0.3, 0.4) is 0 Å². The minimum absolute atomic E-state index is 0.869. The zero-order chi connectivity index (χ0) is 8.32. The van der Waals surface area contributed by atoms with E-state index in [1.807, 2.05) is 0 Å². The van der Waals surface area contributed by atoms with Crippen LogP contribution in [0.2, 0.25) is 0 Å². The van der Waals surface area contributed by atoms with E-state index in [4.69, 9.17) is 0 Å². The fourth-order valence-electron chi connectivity index (χ4n) is 2.41. The van der Waals surface area contributed by atoms with Crippen molar-refractivity contribution in [2.24, 2.45) is 5.92 Å². The van der Waals surface area contributed by atoms with Crippen LogP contribution in [0, 0.1) is 5.92 Å². The van der Waals surface area contributed by atoms with E-state index in [0.717, 1.165) is 5.92 Å². The Labute approximate surface area is 71.0 Å². The number of likely N-dealkylation sites (tertiary alicyclic amines) is 1. The average molecular weight is 156 g/mol. The van der Waals surface area contributed by atoms with Crippen LogP contribution in [0.25, 0.3) is 0 Å². The highest BCUT2D eigenvalue weighted by atomic mass is 15.4. The summed E-state index contributed by atoms with van der Waals surface area (Å²) in [6.07, 6.45) is 2.92. The molecule has 0 aromatic rings. The van der Waals surface area contributed by atoms with Gasteiger partial charge in [0.05, 0.1) is 26.2 Å². The Kier molecular flexibility index (Phi) is 2.94. The molecule has 1 rings (SSSR count). The van der Waals surface area contributed by atoms with Crippen molar-refractivity contribution in [3.8, 4) is 0 Å². The molecule has 0 saturated carbocycles. The van der Waals surface area contributed by atoms with Gasteiger partial charge in [-0.25, -0.2) is 0 Å². The Morgan fingerprint density at radius 2 is 1.73 bits per heavy atom. The Morgan fingerprint density at radius 3 is 2.09 bits per heavy atom. The molecule has 0 N–H and O–H groups in total. The minimum Gasteiger partial charge on any atom is -0.324 e. The highest BCUT2D eigenvalue weighted by Crippen LogP contribution is 2.20. The van der Waals surface area contributed by atoms with Crippen molar-refractivity contribution in [3.63, 3.8) is 0 Å². The van der Waals surface area contributed by atoms with Gasteiger partial charge in [-0.3, -0.25) is 0 Å². The lowest BCUT2D eigenvalue weighted by Gasteiger charge is -2.34. The summed E-state index contributed by atoms with van der Waals surface area (Å²) in [6.45, 7) is 12.6. The first-order valence-corrected chi connectivity index (χ1v) is 5.03. The first-order valence-electron chi connectivity index (χ1n) is 5.03. The molecule has 1 saturated heterocycles. The van der Waals surface area contributed by atoms with Gasteiger partial charge in [0.2, 0.25) is 0 Å². The molecule has 0 radical (unpaired) electrons. The van der Waals surface area contributed by atoms with Crippen LogP contribution in [0.15, 0.2) is 0 Å². The van der Waals surface area contributed by atoms with Crippen molar-refractivity contribution < 1.29 is 4.48 Å². The molecule has 0 aromatic carbocycles. The van der Waals surface area contributed by atoms with Gasteiger partial charge in [-0.15, -0.1) is 0 Å². The molecule has 0 spiro atoms. The van der Waals surface area contributed by atoms with Crippen LogP contribution in [0.5, 0.6) is 0 Å². The first-order chi connectivity index (χ1) is 5.18. The van der Waals surface area contributed by atoms with Crippen LogP contribution < -0.4 is 0 Å². The van der Waals surface area contributed by atoms with Gasteiger partial charge in [0, 0.05) is 18.8 Å². The summed E-state index contributed by atoms with van der Waals surface area (Å²) >= 11 is 0. The van der Waals surface area contributed by atoms with E-state index in [0.29, 0.717) is 0 Å². The van der Waals surface area contributed by atoms with E-state index in [9.17, 15) is 0 Å². The van der Waals surface area contributed by atoms with E-state index in [-0.39, 0.29) is 0 Å². The predicted molar refractivity (Wildman–Crippen MR) is 49.5 cm³/mol. The summed E-state index contributed by atoms with van der Waals surface area (Å²) in [5, 5.41) is 0.